The van der Waals surface area contributed by atoms with Gasteiger partial charge < -0.3 is 35.7 Å². The third-order valence-corrected chi connectivity index (χ3v) is 6.64. The maximum absolute atomic E-state index is 12.6. The van der Waals surface area contributed by atoms with E-state index in [9.17, 15) is 41.4 Å². The zero-order valence-electron chi connectivity index (χ0n) is 23.3. The van der Waals surface area contributed by atoms with Crippen molar-refractivity contribution in [1.29, 1.82) is 0 Å². The monoisotopic (exact) mass is 640 g/mol. The lowest BCUT2D eigenvalue weighted by Gasteiger charge is -2.21. The van der Waals surface area contributed by atoms with Crippen LogP contribution >= 0.6 is 0 Å². The van der Waals surface area contributed by atoms with Crippen molar-refractivity contribution in [3.05, 3.63) is 84.4 Å². The minimum atomic E-state index is -5.44. The number of alkyl halides is 3. The number of rotatable bonds is 14. The molecule has 3 aromatic rings. The lowest BCUT2D eigenvalue weighted by molar-refractivity contribution is -0.199. The number of ether oxygens (including phenoxy) is 1. The Hall–Kier alpha value is -4.38. The van der Waals surface area contributed by atoms with Gasteiger partial charge in [0.05, 0.1) is 18.6 Å². The van der Waals surface area contributed by atoms with Gasteiger partial charge in [0, 0.05) is 24.0 Å². The first-order chi connectivity index (χ1) is 20.7. The highest BCUT2D eigenvalue weighted by atomic mass is 32.2. The average Bonchev–Trinajstić information content (AvgIpc) is 2.97. The highest BCUT2D eigenvalue weighted by molar-refractivity contribution is 7.91. The summed E-state index contributed by atoms with van der Waals surface area (Å²) in [5.41, 5.74) is 0.720. The zero-order valence-corrected chi connectivity index (χ0v) is 24.1. The number of urea groups is 1. The highest BCUT2D eigenvalue weighted by Crippen LogP contribution is 2.25. The van der Waals surface area contributed by atoms with Crippen LogP contribution in [0.1, 0.15) is 5.56 Å². The summed E-state index contributed by atoms with van der Waals surface area (Å²) < 4.78 is 67.1. The number of sulfonamides is 1. The van der Waals surface area contributed by atoms with Crippen molar-refractivity contribution in [2.75, 3.05) is 41.1 Å². The maximum atomic E-state index is 12.6. The Morgan fingerprint density at radius 1 is 0.955 bits per heavy atom. The number of aliphatic hydroxyl groups excluding tert-OH is 2. The van der Waals surface area contributed by atoms with Crippen molar-refractivity contribution in [3.63, 3.8) is 0 Å². The van der Waals surface area contributed by atoms with E-state index in [0.717, 1.165) is 17.7 Å². The van der Waals surface area contributed by atoms with E-state index in [1.54, 1.807) is 36.4 Å². The summed E-state index contributed by atoms with van der Waals surface area (Å²) >= 11 is 0. The van der Waals surface area contributed by atoms with E-state index < -0.39 is 40.0 Å². The predicted octanol–water partition coefficient (Wildman–Crippen LogP) is 3.05. The van der Waals surface area contributed by atoms with Gasteiger partial charge in [0.1, 0.15) is 18.5 Å². The topological polar surface area (TPSA) is 167 Å². The fourth-order valence-electron chi connectivity index (χ4n) is 3.71. The van der Waals surface area contributed by atoms with Gasteiger partial charge in [-0.3, -0.25) is 0 Å². The molecule has 0 spiro atoms. The molecule has 44 heavy (non-hydrogen) atoms. The fraction of sp³-hybridized carbons (Fsp3) is 0.286. The molecule has 0 saturated heterocycles. The molecular weight excluding hydrogens is 609 g/mol. The first-order valence-electron chi connectivity index (χ1n) is 13.0. The number of benzene rings is 3. The number of halogens is 3. The van der Waals surface area contributed by atoms with Gasteiger partial charge in [-0.2, -0.15) is 13.2 Å². The molecule has 0 saturated carbocycles. The average molecular weight is 641 g/mol. The number of aliphatic hydroxyl groups is 2. The molecule has 0 unspecified atom stereocenters. The molecular formula is C28H31F3N4O8S. The van der Waals surface area contributed by atoms with Crippen molar-refractivity contribution in [2.45, 2.75) is 24.7 Å². The SMILES string of the molecule is CS(=O)(=O)N(OC(=O)C(F)(F)F)c1cccc(NC(=O)Nc2ccc(C[C@@H](CO)NC[C@H](O)COc3ccccc3)cc2)c1. The van der Waals surface area contributed by atoms with Gasteiger partial charge in [-0.05, 0) is 54.4 Å². The molecule has 3 aromatic carbocycles. The van der Waals surface area contributed by atoms with Gasteiger partial charge in [-0.15, -0.1) is 0 Å². The van der Waals surface area contributed by atoms with Crippen molar-refractivity contribution < 1.29 is 51.0 Å². The quantitative estimate of drug-likeness (QED) is 0.167. The van der Waals surface area contributed by atoms with Gasteiger partial charge in [-0.25, -0.2) is 18.0 Å². The number of nitrogens with one attached hydrogen (secondary N) is 3. The molecule has 238 valence electrons. The minimum absolute atomic E-state index is 0.0125. The zero-order chi connectivity index (χ0) is 32.3. The van der Waals surface area contributed by atoms with Gasteiger partial charge in [0.2, 0.25) is 0 Å². The number of carbonyl (C=O) groups excluding carboxylic acids is 2. The Morgan fingerprint density at radius 3 is 2.23 bits per heavy atom. The van der Waals surface area contributed by atoms with Crippen LogP contribution in [0.3, 0.4) is 0 Å². The predicted molar refractivity (Wildman–Crippen MR) is 156 cm³/mol. The summed E-state index contributed by atoms with van der Waals surface area (Å²) in [4.78, 5) is 27.8. The van der Waals surface area contributed by atoms with E-state index in [1.165, 1.54) is 12.1 Å². The van der Waals surface area contributed by atoms with Gasteiger partial charge in [0.15, 0.2) is 0 Å². The molecule has 5 N–H and O–H groups in total. The van der Waals surface area contributed by atoms with Crippen LogP contribution in [0.15, 0.2) is 78.9 Å². The molecule has 12 nitrogen and oxygen atoms in total. The lowest BCUT2D eigenvalue weighted by Crippen LogP contribution is -2.41. The van der Waals surface area contributed by atoms with Crippen LogP contribution in [0.5, 0.6) is 5.75 Å². The number of nitrogens with zero attached hydrogens (tertiary/aromatic N) is 1. The molecule has 0 aliphatic heterocycles. The van der Waals surface area contributed by atoms with Gasteiger partial charge in [-0.1, -0.05) is 40.9 Å². The van der Waals surface area contributed by atoms with Crippen molar-refractivity contribution in [1.82, 2.24) is 5.32 Å². The first-order valence-corrected chi connectivity index (χ1v) is 14.9. The Bertz CT molecular complexity index is 1490. The smallest absolute Gasteiger partial charge is 0.491 e. The van der Waals surface area contributed by atoms with E-state index in [4.69, 9.17) is 4.74 Å². The van der Waals surface area contributed by atoms with E-state index in [0.29, 0.717) is 24.1 Å². The summed E-state index contributed by atoms with van der Waals surface area (Å²) in [7, 11) is -4.48. The van der Waals surface area contributed by atoms with Crippen molar-refractivity contribution in [3.8, 4) is 5.75 Å². The number of carbonyl (C=O) groups is 2. The second kappa shape index (κ2) is 15.4. The van der Waals surface area contributed by atoms with Crippen LogP contribution in [-0.2, 0) is 26.1 Å². The van der Waals surface area contributed by atoms with E-state index in [1.807, 2.05) is 18.2 Å². The number of amides is 2. The van der Waals surface area contributed by atoms with Crippen LogP contribution in [0, 0.1) is 0 Å². The van der Waals surface area contributed by atoms with E-state index in [-0.39, 0.29) is 36.0 Å². The normalized spacial score (nSPS) is 13.0. The van der Waals surface area contributed by atoms with Gasteiger partial charge >= 0.3 is 18.2 Å². The van der Waals surface area contributed by atoms with Crippen LogP contribution in [-0.4, -0.2) is 75.0 Å². The van der Waals surface area contributed by atoms with Crippen molar-refractivity contribution in [2.24, 2.45) is 0 Å². The van der Waals surface area contributed by atoms with Crippen LogP contribution in [0.25, 0.3) is 0 Å². The number of anilines is 3. The third-order valence-electron chi connectivity index (χ3n) is 5.76. The minimum Gasteiger partial charge on any atom is -0.491 e. The second-order valence-electron chi connectivity index (χ2n) is 9.46. The Balaban J connectivity index is 1.52. The molecule has 0 fully saturated rings. The maximum Gasteiger partial charge on any atom is 0.493 e. The summed E-state index contributed by atoms with van der Waals surface area (Å²) in [6.45, 7) is 0.0645. The molecule has 2 atom stereocenters. The Kier molecular flexibility index (Phi) is 11.9. The molecule has 2 amide bonds. The summed E-state index contributed by atoms with van der Waals surface area (Å²) in [5.74, 6) is -2.11. The molecule has 0 heterocycles. The van der Waals surface area contributed by atoms with Crippen LogP contribution in [0.2, 0.25) is 0 Å². The molecule has 0 aliphatic carbocycles. The molecule has 0 aliphatic rings. The molecule has 3 rings (SSSR count). The first kappa shape index (κ1) is 34.1. The highest BCUT2D eigenvalue weighted by Gasteiger charge is 2.44. The summed E-state index contributed by atoms with van der Waals surface area (Å²) in [6, 6.07) is 19.2. The van der Waals surface area contributed by atoms with Crippen molar-refractivity contribution >= 4 is 39.1 Å². The Labute approximate surface area is 251 Å². The molecule has 0 aromatic heterocycles. The molecule has 0 bridgehead atoms. The van der Waals surface area contributed by atoms with Crippen LogP contribution in [0.4, 0.5) is 35.0 Å². The molecule has 0 radical (unpaired) electrons. The standard InChI is InChI=1S/C28H31F3N4O8S/c1-44(40,41)35(43-26(38)28(29,30)31)23-7-5-6-21(15-23)34-27(39)33-20-12-10-19(11-13-20)14-22(17-36)32-16-24(37)18-42-25-8-3-2-4-9-25/h2-13,15,22,24,32,36-37H,14,16-18H2,1H3,(H2,33,34,39)/t22-,24-/m0/s1. The second-order valence-corrected chi connectivity index (χ2v) is 11.3. The number of para-hydroxylation sites is 1. The third kappa shape index (κ3) is 11.0. The fourth-order valence-corrected chi connectivity index (χ4v) is 4.41. The Morgan fingerprint density at radius 2 is 1.61 bits per heavy atom. The van der Waals surface area contributed by atoms with E-state index >= 15 is 0 Å². The largest absolute Gasteiger partial charge is 0.493 e. The number of hydrogen-bond donors (Lipinski definition) is 5. The lowest BCUT2D eigenvalue weighted by atomic mass is 10.1. The summed E-state index contributed by atoms with van der Waals surface area (Å²) in [6.07, 6.45) is -5.29. The van der Waals surface area contributed by atoms with Gasteiger partial charge in [0.25, 0.3) is 10.0 Å². The molecule has 16 heteroatoms. The van der Waals surface area contributed by atoms with E-state index in [2.05, 4.69) is 20.8 Å². The summed E-state index contributed by atoms with van der Waals surface area (Å²) in [5, 5.41) is 28.0. The number of hydrogen-bond acceptors (Lipinski definition) is 9. The van der Waals surface area contributed by atoms with Crippen LogP contribution < -0.4 is 25.2 Å².